The van der Waals surface area contributed by atoms with Crippen LogP contribution < -0.4 is 4.90 Å². The highest BCUT2D eigenvalue weighted by molar-refractivity contribution is 7.99. The zero-order valence-corrected chi connectivity index (χ0v) is 26.9. The van der Waals surface area contributed by atoms with Crippen LogP contribution in [-0.4, -0.2) is 94.0 Å². The molecule has 4 heterocycles. The van der Waals surface area contributed by atoms with Crippen molar-refractivity contribution >= 4 is 28.7 Å². The van der Waals surface area contributed by atoms with E-state index < -0.39 is 5.79 Å². The van der Waals surface area contributed by atoms with E-state index in [4.69, 9.17) is 38.9 Å². The first-order valence-electron chi connectivity index (χ1n) is 16.2. The molecule has 2 saturated heterocycles. The van der Waals surface area contributed by atoms with E-state index in [1.165, 1.54) is 5.56 Å². The molecule has 11 nitrogen and oxygen atoms in total. The van der Waals surface area contributed by atoms with Gasteiger partial charge in [-0.3, -0.25) is 0 Å². The predicted octanol–water partition coefficient (Wildman–Crippen LogP) is 5.11. The Kier molecular flexibility index (Phi) is 8.82. The number of nitrogens with zero attached hydrogens (tertiary/aromatic N) is 6. The first-order chi connectivity index (χ1) is 21.4. The second-order valence-corrected chi connectivity index (χ2v) is 13.8. The molecule has 1 unspecified atom stereocenters. The highest BCUT2D eigenvalue weighted by Crippen LogP contribution is 2.48. The fraction of sp³-hybridized carbons (Fsp3) is 0.688. The normalized spacial score (nSPS) is 31.0. The molecule has 0 spiro atoms. The van der Waals surface area contributed by atoms with Gasteiger partial charge >= 0.3 is 0 Å². The number of aromatic nitrogens is 5. The summed E-state index contributed by atoms with van der Waals surface area (Å²) in [6.45, 7) is 7.78. The van der Waals surface area contributed by atoms with Crippen molar-refractivity contribution in [2.24, 2.45) is 0 Å². The zero-order valence-electron chi connectivity index (χ0n) is 26.1. The second-order valence-electron chi connectivity index (χ2n) is 12.8. The van der Waals surface area contributed by atoms with E-state index in [9.17, 15) is 0 Å². The summed E-state index contributed by atoms with van der Waals surface area (Å²) in [6.07, 6.45) is 5.21. The molecule has 7 rings (SSSR count). The van der Waals surface area contributed by atoms with Crippen molar-refractivity contribution in [3.05, 3.63) is 35.9 Å². The van der Waals surface area contributed by atoms with Gasteiger partial charge in [-0.1, -0.05) is 54.2 Å². The van der Waals surface area contributed by atoms with Crippen LogP contribution in [0.5, 0.6) is 0 Å². The van der Waals surface area contributed by atoms with Gasteiger partial charge in [-0.15, -0.1) is 5.10 Å². The van der Waals surface area contributed by atoms with Crippen LogP contribution in [0.2, 0.25) is 0 Å². The number of hydrogen-bond acceptors (Lipinski definition) is 11. The topological polar surface area (TPSA) is 106 Å². The van der Waals surface area contributed by atoms with E-state index in [1.807, 2.05) is 18.5 Å². The van der Waals surface area contributed by atoms with Crippen LogP contribution >= 0.6 is 11.8 Å². The Morgan fingerprint density at radius 2 is 1.86 bits per heavy atom. The Labute approximate surface area is 263 Å². The van der Waals surface area contributed by atoms with E-state index in [-0.39, 0.29) is 30.6 Å². The minimum absolute atomic E-state index is 0.131. The monoisotopic (exact) mass is 624 g/mol. The summed E-state index contributed by atoms with van der Waals surface area (Å²) >= 11 is 1.67. The van der Waals surface area contributed by atoms with Crippen LogP contribution in [0.3, 0.4) is 0 Å². The molecule has 238 valence electrons. The fourth-order valence-corrected chi connectivity index (χ4v) is 7.57. The van der Waals surface area contributed by atoms with Gasteiger partial charge in [0.05, 0.1) is 25.4 Å². The number of likely N-dealkylation sites (N-methyl/N-ethyl adjacent to an activating group) is 1. The van der Waals surface area contributed by atoms with Crippen LogP contribution in [0.4, 0.5) is 5.82 Å². The van der Waals surface area contributed by atoms with Crippen molar-refractivity contribution in [2.75, 3.05) is 37.5 Å². The van der Waals surface area contributed by atoms with Gasteiger partial charge < -0.3 is 28.6 Å². The third-order valence-corrected chi connectivity index (χ3v) is 10.1. The lowest BCUT2D eigenvalue weighted by Crippen LogP contribution is -2.32. The van der Waals surface area contributed by atoms with E-state index >= 15 is 0 Å². The molecule has 12 heteroatoms. The van der Waals surface area contributed by atoms with Gasteiger partial charge in [-0.05, 0) is 51.5 Å². The molecule has 0 N–H and O–H groups in total. The Morgan fingerprint density at radius 1 is 1.05 bits per heavy atom. The van der Waals surface area contributed by atoms with Crippen LogP contribution in [0.1, 0.15) is 76.8 Å². The Balaban J connectivity index is 1.13. The summed E-state index contributed by atoms with van der Waals surface area (Å²) in [5.41, 5.74) is 2.81. The summed E-state index contributed by atoms with van der Waals surface area (Å²) in [5.74, 6) is 1.52. The van der Waals surface area contributed by atoms with Crippen LogP contribution in [0.25, 0.3) is 11.2 Å². The first kappa shape index (κ1) is 30.3. The maximum atomic E-state index is 6.47. The molecular formula is C32H44N6O5S. The van der Waals surface area contributed by atoms with E-state index in [0.717, 1.165) is 61.1 Å². The molecule has 4 aliphatic rings. The van der Waals surface area contributed by atoms with Crippen molar-refractivity contribution in [2.45, 2.75) is 113 Å². The van der Waals surface area contributed by atoms with Crippen molar-refractivity contribution in [1.82, 2.24) is 25.0 Å². The van der Waals surface area contributed by atoms with Gasteiger partial charge in [0.25, 0.3) is 0 Å². The first-order valence-corrected chi connectivity index (χ1v) is 17.1. The average molecular weight is 625 g/mol. The lowest BCUT2D eigenvalue weighted by atomic mass is 10.1. The molecule has 3 aromatic rings. The minimum Gasteiger partial charge on any atom is -0.373 e. The summed E-state index contributed by atoms with van der Waals surface area (Å²) in [5, 5.41) is 10.1. The summed E-state index contributed by atoms with van der Waals surface area (Å²) in [6, 6.07) is 10.9. The van der Waals surface area contributed by atoms with Crippen molar-refractivity contribution in [1.29, 1.82) is 0 Å². The fourth-order valence-electron chi connectivity index (χ4n) is 6.88. The lowest BCUT2D eigenvalue weighted by molar-refractivity contribution is -0.184. The molecule has 1 aromatic carbocycles. The van der Waals surface area contributed by atoms with Crippen LogP contribution in [0.15, 0.2) is 35.5 Å². The summed E-state index contributed by atoms with van der Waals surface area (Å²) in [4.78, 5) is 12.3. The number of fused-ring (bicyclic) bond motifs is 2. The second kappa shape index (κ2) is 12.8. The molecule has 2 saturated carbocycles. The van der Waals surface area contributed by atoms with Gasteiger partial charge in [0.1, 0.15) is 12.2 Å². The lowest BCUT2D eigenvalue weighted by Gasteiger charge is -2.25. The molecule has 0 bridgehead atoms. The molecule has 0 amide bonds. The smallest absolute Gasteiger partial charge is 0.191 e. The zero-order chi connectivity index (χ0) is 30.3. The standard InChI is InChI=1S/C32H44N6O5S/c1-5-17-44-31-33-29(37(4)22-18-21(22)20-11-7-6-8-12-20)26-30(34-31)38(36-35-26)23-19-24(28-27(23)42-32(2,3)43-28)39-15-16-41-25-13-9-10-14-40-25/h6-8,11-12,21-25,27-28H,5,9-10,13-19H2,1-4H3/t21-,22+,23+,24-,25?,27-,28+/m0/s1. The van der Waals surface area contributed by atoms with Crippen LogP contribution in [-0.2, 0) is 23.7 Å². The largest absolute Gasteiger partial charge is 0.373 e. The maximum absolute atomic E-state index is 6.47. The quantitative estimate of drug-likeness (QED) is 0.153. The van der Waals surface area contributed by atoms with Gasteiger partial charge in [0.2, 0.25) is 0 Å². The van der Waals surface area contributed by atoms with Gasteiger partial charge in [-0.2, -0.15) is 0 Å². The summed E-state index contributed by atoms with van der Waals surface area (Å²) in [7, 11) is 2.12. The van der Waals surface area contributed by atoms with E-state index in [1.54, 1.807) is 11.8 Å². The highest BCUT2D eigenvalue weighted by atomic mass is 32.2. The van der Waals surface area contributed by atoms with Crippen molar-refractivity contribution in [3.8, 4) is 0 Å². The van der Waals surface area contributed by atoms with Gasteiger partial charge in [-0.25, -0.2) is 14.6 Å². The maximum Gasteiger partial charge on any atom is 0.191 e. The number of hydrogen-bond donors (Lipinski definition) is 0. The molecule has 4 fully saturated rings. The Morgan fingerprint density at radius 3 is 2.66 bits per heavy atom. The Hall–Kier alpha value is -2.35. The van der Waals surface area contributed by atoms with Gasteiger partial charge in [0, 0.05) is 37.8 Å². The third-order valence-electron chi connectivity index (χ3n) is 9.09. The van der Waals surface area contributed by atoms with Crippen molar-refractivity contribution in [3.63, 3.8) is 0 Å². The number of rotatable bonds is 12. The summed E-state index contributed by atoms with van der Waals surface area (Å²) < 4.78 is 32.8. The Bertz CT molecular complexity index is 1420. The van der Waals surface area contributed by atoms with E-state index in [0.29, 0.717) is 37.1 Å². The SMILES string of the molecule is CCCSc1nc(N(C)[C@@H]2C[C@H]2c2ccccc2)c2nnn([C@@H]3C[C@H](OCCOC4CCCCO4)[C@H]4OC(C)(C)O[C@H]43)c2n1. The molecule has 2 aromatic heterocycles. The molecule has 2 aliphatic carbocycles. The molecule has 0 radical (unpaired) electrons. The van der Waals surface area contributed by atoms with Crippen molar-refractivity contribution < 1.29 is 23.7 Å². The minimum atomic E-state index is -0.723. The average Bonchev–Trinajstić information content (AvgIpc) is 3.49. The van der Waals surface area contributed by atoms with Crippen LogP contribution in [0, 0.1) is 0 Å². The number of anilines is 1. The third kappa shape index (κ3) is 6.21. The predicted molar refractivity (Wildman–Crippen MR) is 167 cm³/mol. The van der Waals surface area contributed by atoms with E-state index in [2.05, 4.69) is 54.3 Å². The molecule has 44 heavy (non-hydrogen) atoms. The molecule has 2 aliphatic heterocycles. The molecular weight excluding hydrogens is 580 g/mol. The van der Waals surface area contributed by atoms with Gasteiger partial charge in [0.15, 0.2) is 34.2 Å². The number of thioether (sulfide) groups is 1. The molecule has 7 atom stereocenters. The number of ether oxygens (including phenoxy) is 5. The highest BCUT2D eigenvalue weighted by Gasteiger charge is 2.56. The number of benzene rings is 1.